The normalized spacial score (nSPS) is 12.8. The third-order valence-corrected chi connectivity index (χ3v) is 7.67. The van der Waals surface area contributed by atoms with Gasteiger partial charge in [-0.1, -0.05) is 35.3 Å². The van der Waals surface area contributed by atoms with E-state index >= 15 is 4.39 Å². The van der Waals surface area contributed by atoms with Gasteiger partial charge in [0, 0.05) is 34.4 Å². The molecule has 1 aromatic heterocycles. The number of carbonyl (C=O) groups excluding carboxylic acids is 1. The van der Waals surface area contributed by atoms with Crippen molar-refractivity contribution in [2.75, 3.05) is 12.0 Å². The van der Waals surface area contributed by atoms with Crippen molar-refractivity contribution in [1.82, 2.24) is 9.78 Å². The number of hydrogen-bond acceptors (Lipinski definition) is 6. The van der Waals surface area contributed by atoms with Gasteiger partial charge in [-0.3, -0.25) is 4.79 Å². The molecule has 1 aliphatic carbocycles. The zero-order chi connectivity index (χ0) is 28.1. The lowest BCUT2D eigenvalue weighted by atomic mass is 10.0. The number of halogens is 3. The van der Waals surface area contributed by atoms with Crippen molar-refractivity contribution in [1.29, 1.82) is 0 Å². The Hall–Kier alpha value is -3.66. The number of anilines is 1. The van der Waals surface area contributed by atoms with Crippen LogP contribution in [0.1, 0.15) is 32.6 Å². The molecule has 1 aliphatic rings. The smallest absolute Gasteiger partial charge is 0.194 e. The molecule has 0 atom stereocenters. The molecule has 5 rings (SSSR count). The minimum absolute atomic E-state index is 0.0156. The number of ketones is 1. The molecule has 0 radical (unpaired) electrons. The number of rotatable bonds is 7. The molecule has 0 unspecified atom stereocenters. The summed E-state index contributed by atoms with van der Waals surface area (Å²) in [5.41, 5.74) is 9.41. The summed E-state index contributed by atoms with van der Waals surface area (Å²) in [6.07, 6.45) is 4.40. The first-order chi connectivity index (χ1) is 18.4. The highest BCUT2D eigenvalue weighted by molar-refractivity contribution is 7.89. The Morgan fingerprint density at radius 2 is 1.92 bits per heavy atom. The fourth-order valence-electron chi connectivity index (χ4n) is 4.54. The van der Waals surface area contributed by atoms with E-state index in [4.69, 9.17) is 33.7 Å². The van der Waals surface area contributed by atoms with E-state index in [0.717, 1.165) is 17.4 Å². The standard InChI is InChI=1S/C28H22Cl2FN3O4S/c1-15-6-22(38-21-5-3-4-20(29)11-21)12-25(31)26(15)34-28(32)23(13-33-34)27(35)18-7-16-9-19(14-39(2,36)37)24(30)10-17(16)8-18/h3-6,8-13H,7,14,32H2,1-2H3. The number of Topliss-reactive ketones (excluding diaryl/α,β-unsaturated/α-hetero) is 1. The Morgan fingerprint density at radius 3 is 2.62 bits per heavy atom. The number of aryl methyl sites for hydroxylation is 1. The molecule has 0 bridgehead atoms. The van der Waals surface area contributed by atoms with E-state index in [-0.39, 0.29) is 40.8 Å². The van der Waals surface area contributed by atoms with Gasteiger partial charge in [0.15, 0.2) is 21.4 Å². The van der Waals surface area contributed by atoms with Gasteiger partial charge >= 0.3 is 0 Å². The Labute approximate surface area is 234 Å². The Bertz CT molecular complexity index is 1780. The first-order valence-corrected chi connectivity index (χ1v) is 14.5. The summed E-state index contributed by atoms with van der Waals surface area (Å²) in [5.74, 6) is -0.498. The van der Waals surface area contributed by atoms with Gasteiger partial charge in [0.2, 0.25) is 0 Å². The van der Waals surface area contributed by atoms with E-state index in [9.17, 15) is 13.2 Å². The van der Waals surface area contributed by atoms with Crippen molar-refractivity contribution in [3.8, 4) is 17.2 Å². The second-order valence-corrected chi connectivity index (χ2v) is 12.4. The van der Waals surface area contributed by atoms with Crippen LogP contribution in [0.4, 0.5) is 10.2 Å². The number of nitrogen functional groups attached to an aromatic ring is 1. The van der Waals surface area contributed by atoms with Crippen LogP contribution in [-0.2, 0) is 22.0 Å². The minimum Gasteiger partial charge on any atom is -0.457 e. The number of benzene rings is 3. The predicted octanol–water partition coefficient (Wildman–Crippen LogP) is 6.37. The van der Waals surface area contributed by atoms with Gasteiger partial charge in [0.1, 0.15) is 23.0 Å². The second kappa shape index (κ2) is 10.1. The monoisotopic (exact) mass is 585 g/mol. The second-order valence-electron chi connectivity index (χ2n) is 9.37. The molecule has 0 amide bonds. The van der Waals surface area contributed by atoms with Crippen LogP contribution in [0.2, 0.25) is 10.0 Å². The summed E-state index contributed by atoms with van der Waals surface area (Å²) in [4.78, 5) is 13.4. The SMILES string of the molecule is Cc1cc(Oc2cccc(Cl)c2)cc(F)c1-n1ncc(C(=O)C2=Cc3cc(Cl)c(CS(C)(=O)=O)cc3C2)c1N. The number of nitrogens with two attached hydrogens (primary N) is 1. The topological polar surface area (TPSA) is 104 Å². The fourth-order valence-corrected chi connectivity index (χ4v) is 5.84. The van der Waals surface area contributed by atoms with Crippen molar-refractivity contribution in [3.63, 3.8) is 0 Å². The highest BCUT2D eigenvalue weighted by Gasteiger charge is 2.26. The molecule has 2 N–H and O–H groups in total. The van der Waals surface area contributed by atoms with Crippen molar-refractivity contribution in [2.24, 2.45) is 0 Å². The highest BCUT2D eigenvalue weighted by atomic mass is 35.5. The van der Waals surface area contributed by atoms with Crippen LogP contribution in [0.25, 0.3) is 11.8 Å². The first kappa shape index (κ1) is 26.9. The number of allylic oxidation sites excluding steroid dienone is 1. The van der Waals surface area contributed by atoms with Crippen molar-refractivity contribution < 1.29 is 22.3 Å². The number of hydrogen-bond donors (Lipinski definition) is 1. The van der Waals surface area contributed by atoms with Crippen LogP contribution < -0.4 is 10.5 Å². The molecule has 0 spiro atoms. The molecule has 0 aliphatic heterocycles. The molecule has 3 aromatic carbocycles. The summed E-state index contributed by atoms with van der Waals surface area (Å²) in [5, 5.41) is 5.00. The van der Waals surface area contributed by atoms with Crippen LogP contribution in [0.3, 0.4) is 0 Å². The van der Waals surface area contributed by atoms with Gasteiger partial charge in [-0.05, 0) is 65.6 Å². The van der Waals surface area contributed by atoms with Gasteiger partial charge in [-0.15, -0.1) is 0 Å². The van der Waals surface area contributed by atoms with Crippen LogP contribution >= 0.6 is 23.2 Å². The molecule has 7 nitrogen and oxygen atoms in total. The molecule has 1 heterocycles. The number of carbonyl (C=O) groups is 1. The van der Waals surface area contributed by atoms with E-state index in [2.05, 4.69) is 5.10 Å². The van der Waals surface area contributed by atoms with Crippen LogP contribution in [0, 0.1) is 12.7 Å². The third kappa shape index (κ3) is 5.56. The van der Waals surface area contributed by atoms with Gasteiger partial charge < -0.3 is 10.5 Å². The number of sulfone groups is 1. The summed E-state index contributed by atoms with van der Waals surface area (Å²) < 4.78 is 45.7. The van der Waals surface area contributed by atoms with E-state index in [1.54, 1.807) is 55.5 Å². The molecule has 0 saturated heterocycles. The van der Waals surface area contributed by atoms with Crippen LogP contribution in [-0.4, -0.2) is 30.2 Å². The number of nitrogens with zero attached hydrogens (tertiary/aromatic N) is 2. The van der Waals surface area contributed by atoms with Crippen molar-refractivity contribution >= 4 is 50.7 Å². The van der Waals surface area contributed by atoms with Gasteiger partial charge in [-0.2, -0.15) is 5.10 Å². The lowest BCUT2D eigenvalue weighted by Crippen LogP contribution is -2.10. The molecule has 11 heteroatoms. The maximum atomic E-state index is 15.3. The van der Waals surface area contributed by atoms with E-state index < -0.39 is 15.7 Å². The number of fused-ring (bicyclic) bond motifs is 1. The maximum absolute atomic E-state index is 15.3. The highest BCUT2D eigenvalue weighted by Crippen LogP contribution is 2.35. The largest absolute Gasteiger partial charge is 0.457 e. The third-order valence-electron chi connectivity index (χ3n) is 6.25. The molecule has 200 valence electrons. The fraction of sp³-hybridized carbons (Fsp3) is 0.143. The molecule has 4 aromatic rings. The summed E-state index contributed by atoms with van der Waals surface area (Å²) in [6, 6.07) is 12.9. The molecular formula is C28H22Cl2FN3O4S. The lowest BCUT2D eigenvalue weighted by molar-refractivity contribution is 0.103. The van der Waals surface area contributed by atoms with Gasteiger partial charge in [-0.25, -0.2) is 17.5 Å². The van der Waals surface area contributed by atoms with Gasteiger partial charge in [0.05, 0.1) is 17.5 Å². The molecule has 39 heavy (non-hydrogen) atoms. The minimum atomic E-state index is -3.29. The van der Waals surface area contributed by atoms with E-state index in [1.807, 2.05) is 0 Å². The molecular weight excluding hydrogens is 564 g/mol. The quantitative estimate of drug-likeness (QED) is 0.253. The average molecular weight is 586 g/mol. The zero-order valence-electron chi connectivity index (χ0n) is 20.8. The summed E-state index contributed by atoms with van der Waals surface area (Å²) in [7, 11) is -3.29. The van der Waals surface area contributed by atoms with Crippen LogP contribution in [0.5, 0.6) is 11.5 Å². The molecule has 0 fully saturated rings. The number of ether oxygens (including phenoxy) is 1. The summed E-state index contributed by atoms with van der Waals surface area (Å²) >= 11 is 12.3. The molecule has 0 saturated carbocycles. The lowest BCUT2D eigenvalue weighted by Gasteiger charge is -2.13. The van der Waals surface area contributed by atoms with Crippen molar-refractivity contribution in [2.45, 2.75) is 19.1 Å². The number of aromatic nitrogens is 2. The first-order valence-electron chi connectivity index (χ1n) is 11.7. The Kier molecular flexibility index (Phi) is 7.00. The maximum Gasteiger partial charge on any atom is 0.194 e. The van der Waals surface area contributed by atoms with E-state index in [1.165, 1.54) is 16.9 Å². The Balaban J connectivity index is 1.41. The summed E-state index contributed by atoms with van der Waals surface area (Å²) in [6.45, 7) is 1.68. The van der Waals surface area contributed by atoms with Crippen LogP contribution in [0.15, 0.2) is 60.3 Å². The van der Waals surface area contributed by atoms with Gasteiger partial charge in [0.25, 0.3) is 0 Å². The Morgan fingerprint density at radius 1 is 1.15 bits per heavy atom. The average Bonchev–Trinajstić information content (AvgIpc) is 3.41. The predicted molar refractivity (Wildman–Crippen MR) is 150 cm³/mol. The van der Waals surface area contributed by atoms with Crippen molar-refractivity contribution in [3.05, 3.63) is 104 Å². The van der Waals surface area contributed by atoms with E-state index in [0.29, 0.717) is 32.5 Å². The zero-order valence-corrected chi connectivity index (χ0v) is 23.2.